The highest BCUT2D eigenvalue weighted by Gasteiger charge is 2.29. The van der Waals surface area contributed by atoms with Crippen molar-refractivity contribution in [2.75, 3.05) is 0 Å². The van der Waals surface area contributed by atoms with Gasteiger partial charge in [0.1, 0.15) is 5.76 Å². The fraction of sp³-hybridized carbons (Fsp3) is 0.0714. The van der Waals surface area contributed by atoms with E-state index >= 15 is 0 Å². The van der Waals surface area contributed by atoms with E-state index in [0.29, 0.717) is 11.5 Å². The summed E-state index contributed by atoms with van der Waals surface area (Å²) in [5.41, 5.74) is 0.889. The lowest BCUT2D eigenvalue weighted by Gasteiger charge is -2.22. The second-order valence-corrected chi connectivity index (χ2v) is 4.95. The van der Waals surface area contributed by atoms with Crippen LogP contribution >= 0.6 is 15.9 Å². The van der Waals surface area contributed by atoms with Gasteiger partial charge in [0.2, 0.25) is 6.10 Å². The van der Waals surface area contributed by atoms with Crippen LogP contribution in [0.15, 0.2) is 57.8 Å². The van der Waals surface area contributed by atoms with E-state index in [4.69, 9.17) is 9.15 Å². The molecule has 1 unspecified atom stereocenters. The fourth-order valence-corrected chi connectivity index (χ4v) is 2.08. The molecule has 1 aliphatic heterocycles. The minimum atomic E-state index is -0.751. The topological polar surface area (TPSA) is 51.5 Å². The zero-order valence-corrected chi connectivity index (χ0v) is 11.4. The van der Waals surface area contributed by atoms with Gasteiger partial charge in [-0.25, -0.2) is 0 Å². The largest absolute Gasteiger partial charge is 0.470 e. The molecule has 2 aromatic rings. The Hall–Kier alpha value is -2.01. The molecular formula is C14H10BrNO3. The maximum absolute atomic E-state index is 11.8. The summed E-state index contributed by atoms with van der Waals surface area (Å²) in [5.74, 6) is 0.851. The molecule has 0 radical (unpaired) electrons. The summed E-state index contributed by atoms with van der Waals surface area (Å²) >= 11 is 3.38. The molecule has 1 amide bonds. The number of carbonyl (C=O) groups excluding carboxylic acids is 1. The van der Waals surface area contributed by atoms with Crippen LogP contribution < -0.4 is 5.32 Å². The number of carbonyl (C=O) groups is 1. The average molecular weight is 320 g/mol. The Morgan fingerprint density at radius 3 is 2.63 bits per heavy atom. The van der Waals surface area contributed by atoms with E-state index in [9.17, 15) is 4.79 Å². The molecule has 1 aromatic carbocycles. The first-order chi connectivity index (χ1) is 9.24. The molecule has 0 bridgehead atoms. The molecule has 5 heteroatoms. The van der Waals surface area contributed by atoms with Gasteiger partial charge in [0, 0.05) is 16.2 Å². The lowest BCUT2D eigenvalue weighted by atomic mass is 10.1. The van der Waals surface area contributed by atoms with Gasteiger partial charge in [-0.1, -0.05) is 28.1 Å². The number of hydrogen-bond acceptors (Lipinski definition) is 3. The Morgan fingerprint density at radius 1 is 1.16 bits per heavy atom. The molecule has 4 nitrogen and oxygen atoms in total. The van der Waals surface area contributed by atoms with Crippen LogP contribution in [0.5, 0.6) is 0 Å². The van der Waals surface area contributed by atoms with Crippen molar-refractivity contribution in [1.29, 1.82) is 0 Å². The second-order valence-electron chi connectivity index (χ2n) is 4.04. The second kappa shape index (κ2) is 4.93. The first kappa shape index (κ1) is 12.0. The summed E-state index contributed by atoms with van der Waals surface area (Å²) in [7, 11) is 0. The van der Waals surface area contributed by atoms with Crippen LogP contribution in [-0.4, -0.2) is 5.91 Å². The number of hydrogen-bond donors (Lipinski definition) is 1. The van der Waals surface area contributed by atoms with Crippen LogP contribution in [-0.2, 0) is 9.53 Å². The molecule has 0 fully saturated rings. The van der Waals surface area contributed by atoms with Crippen molar-refractivity contribution in [3.8, 4) is 0 Å². The van der Waals surface area contributed by atoms with E-state index in [1.165, 1.54) is 6.26 Å². The Kier molecular flexibility index (Phi) is 3.13. The van der Waals surface area contributed by atoms with Gasteiger partial charge in [0.15, 0.2) is 5.76 Å². The molecule has 19 heavy (non-hydrogen) atoms. The number of nitrogens with one attached hydrogen (secondary N) is 1. The number of benzene rings is 1. The predicted molar refractivity (Wildman–Crippen MR) is 72.8 cm³/mol. The number of halogens is 1. The van der Waals surface area contributed by atoms with Gasteiger partial charge in [-0.15, -0.1) is 0 Å². The van der Waals surface area contributed by atoms with E-state index in [2.05, 4.69) is 21.2 Å². The van der Waals surface area contributed by atoms with Crippen molar-refractivity contribution < 1.29 is 13.9 Å². The monoisotopic (exact) mass is 319 g/mol. The molecule has 1 N–H and O–H groups in total. The van der Waals surface area contributed by atoms with Gasteiger partial charge in [-0.2, -0.15) is 0 Å². The molecule has 0 saturated carbocycles. The van der Waals surface area contributed by atoms with Crippen LogP contribution in [0, 0.1) is 0 Å². The molecule has 3 rings (SSSR count). The minimum Gasteiger partial charge on any atom is -0.470 e. The van der Waals surface area contributed by atoms with Crippen LogP contribution in [0.4, 0.5) is 0 Å². The Bertz CT molecular complexity index is 617. The Morgan fingerprint density at radius 2 is 1.95 bits per heavy atom. The molecule has 2 heterocycles. The van der Waals surface area contributed by atoms with E-state index in [1.54, 1.807) is 18.3 Å². The standard InChI is InChI=1S/C14H10BrNO3/c15-10-5-3-9(4-6-10)12-8-16-14(17)13(19-12)11-2-1-7-18-11/h1-8,13H,(H,16,17). The van der Waals surface area contributed by atoms with Crippen molar-refractivity contribution in [2.24, 2.45) is 0 Å². The SMILES string of the molecule is O=C1NC=C(c2ccc(Br)cc2)OC1c1ccco1. The predicted octanol–water partition coefficient (Wildman–Crippen LogP) is 3.23. The molecule has 0 saturated heterocycles. The number of furan rings is 1. The van der Waals surface area contributed by atoms with Crippen LogP contribution in [0.25, 0.3) is 5.76 Å². The average Bonchev–Trinajstić information content (AvgIpc) is 2.94. The maximum atomic E-state index is 11.8. The smallest absolute Gasteiger partial charge is 0.273 e. The molecule has 1 aliphatic rings. The number of rotatable bonds is 2. The van der Waals surface area contributed by atoms with E-state index < -0.39 is 6.10 Å². The lowest BCUT2D eigenvalue weighted by Crippen LogP contribution is -2.31. The zero-order valence-electron chi connectivity index (χ0n) is 9.80. The molecule has 1 atom stereocenters. The van der Waals surface area contributed by atoms with Crippen LogP contribution in [0.1, 0.15) is 17.4 Å². The summed E-state index contributed by atoms with van der Waals surface area (Å²) in [5, 5.41) is 2.69. The van der Waals surface area contributed by atoms with Gasteiger partial charge in [0.25, 0.3) is 5.91 Å². The van der Waals surface area contributed by atoms with Gasteiger partial charge in [0.05, 0.1) is 6.26 Å². The van der Waals surface area contributed by atoms with Crippen LogP contribution in [0.2, 0.25) is 0 Å². The molecule has 96 valence electrons. The third-order valence-corrected chi connectivity index (χ3v) is 3.29. The van der Waals surface area contributed by atoms with Crippen molar-refractivity contribution in [3.63, 3.8) is 0 Å². The first-order valence-electron chi connectivity index (χ1n) is 5.70. The van der Waals surface area contributed by atoms with Crippen molar-refractivity contribution in [3.05, 3.63) is 64.7 Å². The van der Waals surface area contributed by atoms with Crippen molar-refractivity contribution in [2.45, 2.75) is 6.10 Å². The summed E-state index contributed by atoms with van der Waals surface area (Å²) in [4.78, 5) is 11.8. The van der Waals surface area contributed by atoms with Gasteiger partial charge in [-0.05, 0) is 24.3 Å². The summed E-state index contributed by atoms with van der Waals surface area (Å²) in [6.07, 6.45) is 2.33. The zero-order chi connectivity index (χ0) is 13.2. The van der Waals surface area contributed by atoms with E-state index in [0.717, 1.165) is 10.0 Å². The van der Waals surface area contributed by atoms with Gasteiger partial charge < -0.3 is 14.5 Å². The first-order valence-corrected chi connectivity index (χ1v) is 6.50. The van der Waals surface area contributed by atoms with Crippen LogP contribution in [0.3, 0.4) is 0 Å². The molecule has 0 spiro atoms. The number of ether oxygens (including phenoxy) is 1. The summed E-state index contributed by atoms with van der Waals surface area (Å²) in [6.45, 7) is 0. The quantitative estimate of drug-likeness (QED) is 0.924. The molecule has 0 aliphatic carbocycles. The minimum absolute atomic E-state index is 0.240. The van der Waals surface area contributed by atoms with Crippen molar-refractivity contribution >= 4 is 27.6 Å². The maximum Gasteiger partial charge on any atom is 0.273 e. The van der Waals surface area contributed by atoms with E-state index in [1.807, 2.05) is 24.3 Å². The van der Waals surface area contributed by atoms with Crippen molar-refractivity contribution in [1.82, 2.24) is 5.32 Å². The Labute approximate surface area is 118 Å². The Balaban J connectivity index is 1.88. The van der Waals surface area contributed by atoms with Gasteiger partial charge in [-0.3, -0.25) is 4.79 Å². The fourth-order valence-electron chi connectivity index (χ4n) is 1.82. The highest BCUT2D eigenvalue weighted by Crippen LogP contribution is 2.29. The highest BCUT2D eigenvalue weighted by molar-refractivity contribution is 9.10. The highest BCUT2D eigenvalue weighted by atomic mass is 79.9. The lowest BCUT2D eigenvalue weighted by molar-refractivity contribution is -0.130. The third kappa shape index (κ3) is 2.42. The molecule has 1 aromatic heterocycles. The number of amides is 1. The third-order valence-electron chi connectivity index (χ3n) is 2.76. The summed E-state index contributed by atoms with van der Waals surface area (Å²) < 4.78 is 11.9. The van der Waals surface area contributed by atoms with E-state index in [-0.39, 0.29) is 5.91 Å². The summed E-state index contributed by atoms with van der Waals surface area (Å²) in [6, 6.07) is 11.1. The van der Waals surface area contributed by atoms with Gasteiger partial charge >= 0.3 is 0 Å². The molecular weight excluding hydrogens is 310 g/mol. The normalized spacial score (nSPS) is 18.5.